The molecule has 4 heteroatoms. The first-order valence-corrected chi connectivity index (χ1v) is 7.16. The Balaban J connectivity index is 2.20. The van der Waals surface area contributed by atoms with E-state index in [0.29, 0.717) is 12.0 Å². The molecule has 0 spiro atoms. The Morgan fingerprint density at radius 3 is 2.61 bits per heavy atom. The lowest BCUT2D eigenvalue weighted by Crippen LogP contribution is -2.47. The van der Waals surface area contributed by atoms with E-state index in [4.69, 9.17) is 23.2 Å². The maximum absolute atomic E-state index is 6.34. The average molecular weight is 287 g/mol. The van der Waals surface area contributed by atoms with E-state index in [2.05, 4.69) is 17.1 Å². The van der Waals surface area contributed by atoms with Crippen LogP contribution in [0.3, 0.4) is 0 Å². The number of hydrogen-bond donors (Lipinski definition) is 1. The molecule has 1 N–H and O–H groups in total. The SMILES string of the molecule is CNC1CCN(c2cc(Cl)c(C)cc2Cl)CC1C. The van der Waals surface area contributed by atoms with Crippen LogP contribution in [-0.2, 0) is 0 Å². The maximum atomic E-state index is 6.34. The number of rotatable bonds is 2. The van der Waals surface area contributed by atoms with Crippen LogP contribution in [0.2, 0.25) is 10.0 Å². The molecule has 0 aromatic heterocycles. The van der Waals surface area contributed by atoms with Gasteiger partial charge in [0.15, 0.2) is 0 Å². The molecule has 0 amide bonds. The fraction of sp³-hybridized carbons (Fsp3) is 0.571. The van der Waals surface area contributed by atoms with Crippen molar-refractivity contribution in [1.29, 1.82) is 0 Å². The highest BCUT2D eigenvalue weighted by Crippen LogP contribution is 2.34. The zero-order valence-corrected chi connectivity index (χ0v) is 12.6. The number of halogens is 2. The Bertz CT molecular complexity index is 434. The first kappa shape index (κ1) is 14.0. The molecule has 2 rings (SSSR count). The van der Waals surface area contributed by atoms with Crippen molar-refractivity contribution in [3.05, 3.63) is 27.7 Å². The van der Waals surface area contributed by atoms with Gasteiger partial charge in [-0.05, 0) is 44.0 Å². The Kier molecular flexibility index (Phi) is 4.41. The predicted octanol–water partition coefficient (Wildman–Crippen LogP) is 3.74. The molecule has 2 nitrogen and oxygen atoms in total. The largest absolute Gasteiger partial charge is 0.370 e. The lowest BCUT2D eigenvalue weighted by molar-refractivity contribution is 0.339. The van der Waals surface area contributed by atoms with Gasteiger partial charge in [0.25, 0.3) is 0 Å². The summed E-state index contributed by atoms with van der Waals surface area (Å²) in [5.41, 5.74) is 2.09. The number of nitrogens with one attached hydrogen (secondary N) is 1. The molecule has 2 atom stereocenters. The highest BCUT2D eigenvalue weighted by atomic mass is 35.5. The number of benzene rings is 1. The summed E-state index contributed by atoms with van der Waals surface area (Å²) in [5, 5.41) is 4.96. The van der Waals surface area contributed by atoms with E-state index in [9.17, 15) is 0 Å². The fourth-order valence-electron chi connectivity index (χ4n) is 2.67. The lowest BCUT2D eigenvalue weighted by Gasteiger charge is -2.38. The van der Waals surface area contributed by atoms with Crippen LogP contribution in [0.15, 0.2) is 12.1 Å². The molecular weight excluding hydrogens is 267 g/mol. The molecule has 1 saturated heterocycles. The molecule has 1 aromatic rings. The number of nitrogens with zero attached hydrogens (tertiary/aromatic N) is 1. The summed E-state index contributed by atoms with van der Waals surface area (Å²) in [6.07, 6.45) is 1.14. The molecule has 1 aromatic carbocycles. The maximum Gasteiger partial charge on any atom is 0.0643 e. The average Bonchev–Trinajstić information content (AvgIpc) is 2.33. The van der Waals surface area contributed by atoms with E-state index in [1.807, 2.05) is 26.1 Å². The molecule has 18 heavy (non-hydrogen) atoms. The smallest absolute Gasteiger partial charge is 0.0643 e. The van der Waals surface area contributed by atoms with Crippen molar-refractivity contribution in [2.24, 2.45) is 5.92 Å². The monoisotopic (exact) mass is 286 g/mol. The summed E-state index contributed by atoms with van der Waals surface area (Å²) in [7, 11) is 2.03. The molecule has 1 aliphatic rings. The van der Waals surface area contributed by atoms with Gasteiger partial charge in [-0.15, -0.1) is 0 Å². The van der Waals surface area contributed by atoms with Crippen molar-refractivity contribution >= 4 is 28.9 Å². The molecule has 1 heterocycles. The topological polar surface area (TPSA) is 15.3 Å². The van der Waals surface area contributed by atoms with Crippen LogP contribution < -0.4 is 10.2 Å². The minimum Gasteiger partial charge on any atom is -0.370 e. The predicted molar refractivity (Wildman–Crippen MR) is 80.0 cm³/mol. The van der Waals surface area contributed by atoms with Crippen LogP contribution in [0.4, 0.5) is 5.69 Å². The quantitative estimate of drug-likeness (QED) is 0.891. The summed E-state index contributed by atoms with van der Waals surface area (Å²) >= 11 is 12.5. The van der Waals surface area contributed by atoms with Crippen LogP contribution in [-0.4, -0.2) is 26.2 Å². The summed E-state index contributed by atoms with van der Waals surface area (Å²) in [6, 6.07) is 4.54. The lowest BCUT2D eigenvalue weighted by atomic mass is 9.93. The molecular formula is C14H20Cl2N2. The Hall–Kier alpha value is -0.440. The van der Waals surface area contributed by atoms with E-state index in [1.54, 1.807) is 0 Å². The standard InChI is InChI=1S/C14H20Cl2N2/c1-9-6-12(16)14(7-11(9)15)18-5-4-13(17-3)10(2)8-18/h6-7,10,13,17H,4-5,8H2,1-3H3. The zero-order valence-electron chi connectivity index (χ0n) is 11.1. The summed E-state index contributed by atoms with van der Waals surface area (Å²) < 4.78 is 0. The number of hydrogen-bond acceptors (Lipinski definition) is 2. The van der Waals surface area contributed by atoms with Crippen LogP contribution >= 0.6 is 23.2 Å². The third kappa shape index (κ3) is 2.76. The van der Waals surface area contributed by atoms with Crippen molar-refractivity contribution in [3.63, 3.8) is 0 Å². The first-order valence-electron chi connectivity index (χ1n) is 6.40. The van der Waals surface area contributed by atoms with E-state index < -0.39 is 0 Å². The van der Waals surface area contributed by atoms with Crippen molar-refractivity contribution in [2.45, 2.75) is 26.3 Å². The second-order valence-electron chi connectivity index (χ2n) is 5.16. The van der Waals surface area contributed by atoms with Gasteiger partial charge in [0.05, 0.1) is 10.7 Å². The molecule has 0 aliphatic carbocycles. The third-order valence-corrected chi connectivity index (χ3v) is 4.55. The highest BCUT2D eigenvalue weighted by molar-refractivity contribution is 6.35. The molecule has 0 saturated carbocycles. The van der Waals surface area contributed by atoms with Gasteiger partial charge in [0, 0.05) is 24.2 Å². The van der Waals surface area contributed by atoms with Crippen molar-refractivity contribution < 1.29 is 0 Å². The van der Waals surface area contributed by atoms with Gasteiger partial charge in [-0.2, -0.15) is 0 Å². The summed E-state index contributed by atoms with van der Waals surface area (Å²) in [6.45, 7) is 6.30. The second kappa shape index (κ2) is 5.68. The van der Waals surface area contributed by atoms with E-state index >= 15 is 0 Å². The third-order valence-electron chi connectivity index (χ3n) is 3.84. The number of anilines is 1. The minimum absolute atomic E-state index is 0.598. The van der Waals surface area contributed by atoms with Gasteiger partial charge < -0.3 is 10.2 Å². The van der Waals surface area contributed by atoms with Gasteiger partial charge in [-0.1, -0.05) is 30.1 Å². The Morgan fingerprint density at radius 2 is 2.00 bits per heavy atom. The molecule has 1 aliphatic heterocycles. The van der Waals surface area contributed by atoms with Crippen molar-refractivity contribution in [1.82, 2.24) is 5.32 Å². The number of piperidine rings is 1. The van der Waals surface area contributed by atoms with Crippen LogP contribution in [0.5, 0.6) is 0 Å². The van der Waals surface area contributed by atoms with Gasteiger partial charge >= 0.3 is 0 Å². The van der Waals surface area contributed by atoms with E-state index in [-0.39, 0.29) is 0 Å². The van der Waals surface area contributed by atoms with E-state index in [1.165, 1.54) is 0 Å². The molecule has 0 radical (unpaired) electrons. The number of aryl methyl sites for hydroxylation is 1. The van der Waals surface area contributed by atoms with E-state index in [0.717, 1.165) is 40.8 Å². The van der Waals surface area contributed by atoms with Gasteiger partial charge in [0.1, 0.15) is 0 Å². The molecule has 1 fully saturated rings. The van der Waals surface area contributed by atoms with Gasteiger partial charge in [-0.3, -0.25) is 0 Å². The second-order valence-corrected chi connectivity index (χ2v) is 5.97. The summed E-state index contributed by atoms with van der Waals surface area (Å²) in [5.74, 6) is 0.611. The normalized spacial score (nSPS) is 24.4. The molecule has 0 bridgehead atoms. The fourth-order valence-corrected chi connectivity index (χ4v) is 3.17. The van der Waals surface area contributed by atoms with Gasteiger partial charge in [0.2, 0.25) is 0 Å². The van der Waals surface area contributed by atoms with Crippen LogP contribution in [0.1, 0.15) is 18.9 Å². The van der Waals surface area contributed by atoms with Crippen molar-refractivity contribution in [3.8, 4) is 0 Å². The highest BCUT2D eigenvalue weighted by Gasteiger charge is 2.26. The molecule has 100 valence electrons. The van der Waals surface area contributed by atoms with Crippen molar-refractivity contribution in [2.75, 3.05) is 25.0 Å². The van der Waals surface area contributed by atoms with Crippen LogP contribution in [0, 0.1) is 12.8 Å². The minimum atomic E-state index is 0.598. The Morgan fingerprint density at radius 1 is 1.28 bits per heavy atom. The zero-order chi connectivity index (χ0) is 13.3. The molecule has 2 unspecified atom stereocenters. The van der Waals surface area contributed by atoms with Crippen LogP contribution in [0.25, 0.3) is 0 Å². The Labute approximate surface area is 119 Å². The first-order chi connectivity index (χ1) is 8.52. The summed E-state index contributed by atoms with van der Waals surface area (Å²) in [4.78, 5) is 2.34. The van der Waals surface area contributed by atoms with Gasteiger partial charge in [-0.25, -0.2) is 0 Å².